The van der Waals surface area contributed by atoms with Crippen molar-refractivity contribution in [2.24, 2.45) is 7.05 Å². The van der Waals surface area contributed by atoms with Crippen LogP contribution < -0.4 is 10.1 Å². The third-order valence-corrected chi connectivity index (χ3v) is 4.35. The Labute approximate surface area is 130 Å². The molecule has 1 N–H and O–H groups in total. The Morgan fingerprint density at radius 1 is 1.29 bits per heavy atom. The van der Waals surface area contributed by atoms with Gasteiger partial charge in [0.2, 0.25) is 0 Å². The molecule has 2 rings (SSSR count). The first kappa shape index (κ1) is 15.9. The van der Waals surface area contributed by atoms with Gasteiger partial charge in [0.15, 0.2) is 5.16 Å². The fourth-order valence-corrected chi connectivity index (χ4v) is 3.16. The summed E-state index contributed by atoms with van der Waals surface area (Å²) >= 11 is 1.77. The van der Waals surface area contributed by atoms with Gasteiger partial charge in [0.05, 0.1) is 6.61 Å². The van der Waals surface area contributed by atoms with Gasteiger partial charge in [-0.2, -0.15) is 0 Å². The summed E-state index contributed by atoms with van der Waals surface area (Å²) in [5, 5.41) is 4.58. The van der Waals surface area contributed by atoms with Crippen LogP contribution >= 0.6 is 11.8 Å². The van der Waals surface area contributed by atoms with Crippen molar-refractivity contribution in [1.29, 1.82) is 0 Å². The lowest BCUT2D eigenvalue weighted by molar-refractivity contribution is 0.340. The number of thioether (sulfide) groups is 1. The van der Waals surface area contributed by atoms with Crippen LogP contribution in [0.4, 0.5) is 0 Å². The molecule has 114 valence electrons. The molecule has 0 bridgehead atoms. The summed E-state index contributed by atoms with van der Waals surface area (Å²) in [5.74, 6) is 1.88. The van der Waals surface area contributed by atoms with Gasteiger partial charge < -0.3 is 14.6 Å². The molecule has 5 heteroatoms. The molecule has 0 aliphatic heterocycles. The Bertz CT molecular complexity index is 539. The Balaban J connectivity index is 2.02. The van der Waals surface area contributed by atoms with E-state index in [-0.39, 0.29) is 0 Å². The normalized spacial score (nSPS) is 12.3. The third-order valence-electron chi connectivity index (χ3n) is 3.20. The fraction of sp³-hybridized carbons (Fsp3) is 0.438. The maximum absolute atomic E-state index is 5.50. The van der Waals surface area contributed by atoms with Crippen molar-refractivity contribution in [3.05, 3.63) is 42.2 Å². The number of rotatable bonds is 8. The highest BCUT2D eigenvalue weighted by Crippen LogP contribution is 2.24. The first-order valence-corrected chi connectivity index (χ1v) is 8.29. The predicted octanol–water partition coefficient (Wildman–Crippen LogP) is 3.26. The van der Waals surface area contributed by atoms with Crippen LogP contribution in [-0.2, 0) is 7.05 Å². The van der Waals surface area contributed by atoms with Crippen LogP contribution in [0.5, 0.6) is 5.75 Å². The van der Waals surface area contributed by atoms with Crippen molar-refractivity contribution in [1.82, 2.24) is 14.9 Å². The predicted molar refractivity (Wildman–Crippen MR) is 88.0 cm³/mol. The molecule has 0 saturated carbocycles. The van der Waals surface area contributed by atoms with Gasteiger partial charge in [-0.05, 0) is 31.2 Å². The average molecular weight is 305 g/mol. The van der Waals surface area contributed by atoms with E-state index in [1.807, 2.05) is 43.1 Å². The lowest BCUT2D eigenvalue weighted by Gasteiger charge is -2.18. The molecular formula is C16H23N3OS. The number of ether oxygens (including phenoxy) is 1. The minimum absolute atomic E-state index is 0.312. The molecule has 0 amide bonds. The number of hydrogen-bond donors (Lipinski definition) is 1. The molecule has 0 aliphatic rings. The van der Waals surface area contributed by atoms with E-state index in [0.29, 0.717) is 12.6 Å². The highest BCUT2D eigenvalue weighted by Gasteiger charge is 2.12. The second-order valence-electron chi connectivity index (χ2n) is 4.74. The van der Waals surface area contributed by atoms with Crippen LogP contribution in [0.1, 0.15) is 25.5 Å². The van der Waals surface area contributed by atoms with Crippen LogP contribution in [0.3, 0.4) is 0 Å². The minimum Gasteiger partial charge on any atom is -0.494 e. The van der Waals surface area contributed by atoms with E-state index < -0.39 is 0 Å². The topological polar surface area (TPSA) is 39.1 Å². The van der Waals surface area contributed by atoms with Crippen molar-refractivity contribution < 1.29 is 4.74 Å². The summed E-state index contributed by atoms with van der Waals surface area (Å²) < 4.78 is 7.54. The minimum atomic E-state index is 0.312. The first-order chi connectivity index (χ1) is 10.2. The second kappa shape index (κ2) is 8.10. The largest absolute Gasteiger partial charge is 0.494 e. The van der Waals surface area contributed by atoms with E-state index in [9.17, 15) is 0 Å². The Kier molecular flexibility index (Phi) is 6.14. The molecule has 0 aliphatic carbocycles. The molecule has 1 atom stereocenters. The molecule has 0 saturated heterocycles. The molecule has 0 spiro atoms. The monoisotopic (exact) mass is 305 g/mol. The smallest absolute Gasteiger partial charge is 0.167 e. The zero-order chi connectivity index (χ0) is 15.1. The molecule has 1 unspecified atom stereocenters. The number of nitrogens with zero attached hydrogens (tertiary/aromatic N) is 2. The van der Waals surface area contributed by atoms with Crippen molar-refractivity contribution in [2.75, 3.05) is 18.9 Å². The standard InChI is InChI=1S/C16H23N3OS/c1-4-17-15(12-21-16-18-10-11-19(16)3)13-6-8-14(9-7-13)20-5-2/h6-11,15,17H,4-5,12H2,1-3H3. The van der Waals surface area contributed by atoms with E-state index in [2.05, 4.69) is 29.4 Å². The molecule has 4 nitrogen and oxygen atoms in total. The number of aromatic nitrogens is 2. The Hall–Kier alpha value is -1.46. The lowest BCUT2D eigenvalue weighted by atomic mass is 10.1. The number of benzene rings is 1. The SMILES string of the molecule is CCNC(CSc1nccn1C)c1ccc(OCC)cc1. The Morgan fingerprint density at radius 2 is 2.05 bits per heavy atom. The Morgan fingerprint density at radius 3 is 2.62 bits per heavy atom. The van der Waals surface area contributed by atoms with Crippen molar-refractivity contribution in [3.8, 4) is 5.75 Å². The van der Waals surface area contributed by atoms with Crippen LogP contribution in [0.2, 0.25) is 0 Å². The lowest BCUT2D eigenvalue weighted by Crippen LogP contribution is -2.23. The summed E-state index contributed by atoms with van der Waals surface area (Å²) in [6.07, 6.45) is 3.81. The summed E-state index contributed by atoms with van der Waals surface area (Å²) in [7, 11) is 2.02. The van der Waals surface area contributed by atoms with Gasteiger partial charge in [-0.15, -0.1) is 0 Å². The molecule has 0 radical (unpaired) electrons. The summed E-state index contributed by atoms with van der Waals surface area (Å²) in [5.41, 5.74) is 1.28. The van der Waals surface area contributed by atoms with Crippen molar-refractivity contribution in [3.63, 3.8) is 0 Å². The quantitative estimate of drug-likeness (QED) is 0.760. The fourth-order valence-electron chi connectivity index (χ4n) is 2.13. The van der Waals surface area contributed by atoms with E-state index in [4.69, 9.17) is 4.74 Å². The van der Waals surface area contributed by atoms with Gasteiger partial charge in [0.1, 0.15) is 5.75 Å². The van der Waals surface area contributed by atoms with E-state index in [1.165, 1.54) is 5.56 Å². The van der Waals surface area contributed by atoms with Crippen LogP contribution in [0, 0.1) is 0 Å². The van der Waals surface area contributed by atoms with Crippen LogP contribution in [0.15, 0.2) is 41.8 Å². The highest BCUT2D eigenvalue weighted by molar-refractivity contribution is 7.99. The molecule has 21 heavy (non-hydrogen) atoms. The van der Waals surface area contributed by atoms with Crippen LogP contribution in [0.25, 0.3) is 0 Å². The third kappa shape index (κ3) is 4.51. The number of aryl methyl sites for hydroxylation is 1. The van der Waals surface area contributed by atoms with Gasteiger partial charge in [-0.3, -0.25) is 0 Å². The van der Waals surface area contributed by atoms with Gasteiger partial charge in [0.25, 0.3) is 0 Å². The molecule has 1 heterocycles. The van der Waals surface area contributed by atoms with Gasteiger partial charge in [0, 0.05) is 31.2 Å². The summed E-state index contributed by atoms with van der Waals surface area (Å²) in [6.45, 7) is 5.77. The number of hydrogen-bond acceptors (Lipinski definition) is 4. The summed E-state index contributed by atoms with van der Waals surface area (Å²) in [6, 6.07) is 8.66. The summed E-state index contributed by atoms with van der Waals surface area (Å²) in [4.78, 5) is 4.36. The number of nitrogens with one attached hydrogen (secondary N) is 1. The molecule has 1 aromatic heterocycles. The van der Waals surface area contributed by atoms with Gasteiger partial charge >= 0.3 is 0 Å². The van der Waals surface area contributed by atoms with Crippen molar-refractivity contribution >= 4 is 11.8 Å². The highest BCUT2D eigenvalue weighted by atomic mass is 32.2. The van der Waals surface area contributed by atoms with Gasteiger partial charge in [-0.25, -0.2) is 4.98 Å². The average Bonchev–Trinajstić information content (AvgIpc) is 2.90. The molecule has 1 aromatic carbocycles. The molecular weight excluding hydrogens is 282 g/mol. The van der Waals surface area contributed by atoms with E-state index >= 15 is 0 Å². The molecule has 0 fully saturated rings. The first-order valence-electron chi connectivity index (χ1n) is 7.30. The maximum Gasteiger partial charge on any atom is 0.167 e. The van der Waals surface area contributed by atoms with Gasteiger partial charge in [-0.1, -0.05) is 30.8 Å². The van der Waals surface area contributed by atoms with Crippen molar-refractivity contribution in [2.45, 2.75) is 25.0 Å². The number of imidazole rings is 1. The van der Waals surface area contributed by atoms with E-state index in [0.717, 1.165) is 23.2 Å². The zero-order valence-corrected chi connectivity index (χ0v) is 13.7. The maximum atomic E-state index is 5.50. The zero-order valence-electron chi connectivity index (χ0n) is 12.9. The second-order valence-corrected chi connectivity index (χ2v) is 5.73. The van der Waals surface area contributed by atoms with Crippen LogP contribution in [-0.4, -0.2) is 28.5 Å². The molecule has 2 aromatic rings. The van der Waals surface area contributed by atoms with E-state index in [1.54, 1.807) is 11.8 Å².